The van der Waals surface area contributed by atoms with E-state index in [-0.39, 0.29) is 11.3 Å². The van der Waals surface area contributed by atoms with Crippen LogP contribution in [0, 0.1) is 0 Å². The van der Waals surface area contributed by atoms with E-state index in [0.29, 0.717) is 17.9 Å². The molecule has 0 radical (unpaired) electrons. The number of aromatic nitrogens is 2. The molecule has 2 aliphatic heterocycles. The fraction of sp³-hybridized carbons (Fsp3) is 0.281. The molecule has 6 rings (SSSR count). The summed E-state index contributed by atoms with van der Waals surface area (Å²) in [6.07, 6.45) is 6.55. The smallest absolute Gasteiger partial charge is 0.257 e. The van der Waals surface area contributed by atoms with Crippen LogP contribution < -0.4 is 5.32 Å². The third-order valence-corrected chi connectivity index (χ3v) is 8.53. The second-order valence-corrected chi connectivity index (χ2v) is 11.1. The highest BCUT2D eigenvalue weighted by Crippen LogP contribution is 2.42. The highest BCUT2D eigenvalue weighted by Gasteiger charge is 2.28. The van der Waals surface area contributed by atoms with Gasteiger partial charge in [-0.3, -0.25) is 14.7 Å². The van der Waals surface area contributed by atoms with E-state index in [1.807, 2.05) is 79.1 Å². The molecule has 1 unspecified atom stereocenters. The van der Waals surface area contributed by atoms with Gasteiger partial charge in [-0.25, -0.2) is 0 Å². The molecule has 0 spiro atoms. The molecule has 8 nitrogen and oxygen atoms in total. The molecule has 1 saturated heterocycles. The van der Waals surface area contributed by atoms with Crippen molar-refractivity contribution in [2.24, 2.45) is 5.16 Å². The summed E-state index contributed by atoms with van der Waals surface area (Å²) in [5.74, 6) is 0.643. The standard InChI is InChI=1S/C32H33N5O3S/c38-31(28-12-15-37-29(28)23-41-32(37)26-10-5-13-33-22-26)34-27-11-4-9-25(21-27)30(24-7-2-1-3-8-24)35-40-18-6-14-36-16-19-39-20-17-36/h1-5,7-13,15,21-22,32H,6,14,16-20,23H2,(H,34,38)/b35-30+. The van der Waals surface area contributed by atoms with Crippen LogP contribution in [0.4, 0.5) is 5.69 Å². The number of hydrogen-bond acceptors (Lipinski definition) is 7. The highest BCUT2D eigenvalue weighted by molar-refractivity contribution is 7.99. The average Bonchev–Trinajstić information content (AvgIpc) is 3.63. The van der Waals surface area contributed by atoms with Gasteiger partial charge in [0.15, 0.2) is 0 Å². The Morgan fingerprint density at radius 1 is 1.05 bits per heavy atom. The minimum atomic E-state index is -0.124. The Morgan fingerprint density at radius 2 is 1.90 bits per heavy atom. The van der Waals surface area contributed by atoms with Crippen molar-refractivity contribution in [2.75, 3.05) is 44.8 Å². The number of anilines is 1. The molecule has 9 heteroatoms. The minimum Gasteiger partial charge on any atom is -0.395 e. The van der Waals surface area contributed by atoms with Crippen LogP contribution in [-0.4, -0.2) is 65.5 Å². The monoisotopic (exact) mass is 567 g/mol. The van der Waals surface area contributed by atoms with Crippen LogP contribution in [-0.2, 0) is 15.3 Å². The van der Waals surface area contributed by atoms with Crippen molar-refractivity contribution in [3.8, 4) is 0 Å². The number of amides is 1. The number of morpholine rings is 1. The summed E-state index contributed by atoms with van der Waals surface area (Å²) in [7, 11) is 0. The number of carbonyl (C=O) groups excluding carboxylic acids is 1. The number of thioether (sulfide) groups is 1. The van der Waals surface area contributed by atoms with E-state index in [4.69, 9.17) is 9.57 Å². The van der Waals surface area contributed by atoms with Crippen molar-refractivity contribution in [1.29, 1.82) is 0 Å². The van der Waals surface area contributed by atoms with Gasteiger partial charge in [0, 0.05) is 72.0 Å². The molecule has 0 saturated carbocycles. The van der Waals surface area contributed by atoms with Gasteiger partial charge in [0.1, 0.15) is 17.7 Å². The van der Waals surface area contributed by atoms with Crippen LogP contribution in [0.1, 0.15) is 44.5 Å². The summed E-state index contributed by atoms with van der Waals surface area (Å²) in [6.45, 7) is 5.01. The van der Waals surface area contributed by atoms with Crippen LogP contribution in [0.5, 0.6) is 0 Å². The molecule has 1 N–H and O–H groups in total. The van der Waals surface area contributed by atoms with E-state index in [2.05, 4.69) is 31.0 Å². The maximum Gasteiger partial charge on any atom is 0.257 e. The van der Waals surface area contributed by atoms with E-state index in [9.17, 15) is 4.79 Å². The number of fused-ring (bicyclic) bond motifs is 1. The normalized spacial score (nSPS) is 17.3. The largest absolute Gasteiger partial charge is 0.395 e. The fourth-order valence-electron chi connectivity index (χ4n) is 5.17. The predicted octanol–water partition coefficient (Wildman–Crippen LogP) is 5.42. The van der Waals surface area contributed by atoms with Gasteiger partial charge >= 0.3 is 0 Å². The summed E-state index contributed by atoms with van der Waals surface area (Å²) in [6, 6.07) is 23.7. The summed E-state index contributed by atoms with van der Waals surface area (Å²) >= 11 is 1.80. The minimum absolute atomic E-state index is 0.124. The summed E-state index contributed by atoms with van der Waals surface area (Å²) in [4.78, 5) is 25.8. The molecule has 0 aliphatic carbocycles. The molecule has 210 valence electrons. The molecule has 4 heterocycles. The van der Waals surface area contributed by atoms with Crippen LogP contribution in [0.15, 0.2) is 96.5 Å². The molecule has 2 aromatic heterocycles. The lowest BCUT2D eigenvalue weighted by Crippen LogP contribution is -2.37. The SMILES string of the molecule is O=C(Nc1cccc(/C(=N/OCCCN2CCOCC2)c2ccccc2)c1)c1ccn2c1CSC2c1cccnc1. The predicted molar refractivity (Wildman–Crippen MR) is 162 cm³/mol. The third-order valence-electron chi connectivity index (χ3n) is 7.28. The first kappa shape index (κ1) is 27.3. The Morgan fingerprint density at radius 3 is 2.73 bits per heavy atom. The maximum absolute atomic E-state index is 13.4. The molecule has 2 aliphatic rings. The molecule has 1 atom stereocenters. The third kappa shape index (κ3) is 6.53. The van der Waals surface area contributed by atoms with Gasteiger partial charge < -0.3 is 19.5 Å². The quantitative estimate of drug-likeness (QED) is 0.157. The van der Waals surface area contributed by atoms with Crippen molar-refractivity contribution >= 4 is 29.1 Å². The van der Waals surface area contributed by atoms with Gasteiger partial charge in [-0.1, -0.05) is 53.7 Å². The lowest BCUT2D eigenvalue weighted by molar-refractivity contribution is 0.0323. The zero-order chi connectivity index (χ0) is 27.9. The molecular weight excluding hydrogens is 534 g/mol. The second kappa shape index (κ2) is 13.2. The maximum atomic E-state index is 13.4. The topological polar surface area (TPSA) is 81.0 Å². The zero-order valence-electron chi connectivity index (χ0n) is 22.8. The van der Waals surface area contributed by atoms with Gasteiger partial charge in [-0.2, -0.15) is 0 Å². The van der Waals surface area contributed by atoms with Crippen molar-refractivity contribution in [3.05, 3.63) is 119 Å². The number of ether oxygens (including phenoxy) is 1. The van der Waals surface area contributed by atoms with E-state index >= 15 is 0 Å². The van der Waals surface area contributed by atoms with E-state index in [1.165, 1.54) is 0 Å². The second-order valence-electron chi connectivity index (χ2n) is 10.0. The van der Waals surface area contributed by atoms with Crippen LogP contribution in [0.25, 0.3) is 0 Å². The van der Waals surface area contributed by atoms with E-state index < -0.39 is 0 Å². The number of benzene rings is 2. The number of hydrogen-bond donors (Lipinski definition) is 1. The Hall–Kier alpha value is -3.92. The molecule has 41 heavy (non-hydrogen) atoms. The summed E-state index contributed by atoms with van der Waals surface area (Å²) in [5.41, 5.74) is 6.10. The summed E-state index contributed by atoms with van der Waals surface area (Å²) in [5, 5.41) is 7.78. The number of rotatable bonds is 10. The Balaban J connectivity index is 1.15. The van der Waals surface area contributed by atoms with Crippen LogP contribution in [0.3, 0.4) is 0 Å². The first-order chi connectivity index (χ1) is 20.3. The fourth-order valence-corrected chi connectivity index (χ4v) is 6.48. The number of nitrogens with zero attached hydrogens (tertiary/aromatic N) is 4. The number of nitrogens with one attached hydrogen (secondary N) is 1. The molecule has 1 fully saturated rings. The number of pyridine rings is 1. The average molecular weight is 568 g/mol. The Kier molecular flexibility index (Phi) is 8.75. The number of oxime groups is 1. The lowest BCUT2D eigenvalue weighted by Gasteiger charge is -2.26. The van der Waals surface area contributed by atoms with Crippen molar-refractivity contribution in [1.82, 2.24) is 14.5 Å². The molecule has 4 aromatic rings. The van der Waals surface area contributed by atoms with Gasteiger partial charge in [-0.15, -0.1) is 11.8 Å². The summed E-state index contributed by atoms with van der Waals surface area (Å²) < 4.78 is 7.60. The molecule has 2 aromatic carbocycles. The first-order valence-corrected chi connectivity index (χ1v) is 15.0. The van der Waals surface area contributed by atoms with Crippen molar-refractivity contribution < 1.29 is 14.4 Å². The van der Waals surface area contributed by atoms with Crippen LogP contribution in [0.2, 0.25) is 0 Å². The van der Waals surface area contributed by atoms with Gasteiger partial charge in [0.05, 0.1) is 18.8 Å². The highest BCUT2D eigenvalue weighted by atomic mass is 32.2. The lowest BCUT2D eigenvalue weighted by atomic mass is 10.0. The first-order valence-electron chi connectivity index (χ1n) is 13.9. The van der Waals surface area contributed by atoms with Crippen LogP contribution >= 0.6 is 11.8 Å². The molecule has 0 bridgehead atoms. The van der Waals surface area contributed by atoms with Gasteiger partial charge in [-0.05, 0) is 30.7 Å². The number of carbonyl (C=O) groups is 1. The van der Waals surface area contributed by atoms with Gasteiger partial charge in [0.2, 0.25) is 0 Å². The Bertz CT molecular complexity index is 1490. The van der Waals surface area contributed by atoms with E-state index in [0.717, 1.165) is 73.1 Å². The molecule has 1 amide bonds. The Labute approximate surface area is 244 Å². The van der Waals surface area contributed by atoms with Crippen molar-refractivity contribution in [2.45, 2.75) is 17.5 Å². The van der Waals surface area contributed by atoms with Crippen molar-refractivity contribution in [3.63, 3.8) is 0 Å². The van der Waals surface area contributed by atoms with Gasteiger partial charge in [0.25, 0.3) is 5.91 Å². The molecular formula is C32H33N5O3S. The zero-order valence-corrected chi connectivity index (χ0v) is 23.6. The van der Waals surface area contributed by atoms with E-state index in [1.54, 1.807) is 18.0 Å².